The van der Waals surface area contributed by atoms with E-state index in [0.29, 0.717) is 19.0 Å². The minimum atomic E-state index is 0.588. The van der Waals surface area contributed by atoms with E-state index in [4.69, 9.17) is 9.47 Å². The molecule has 0 saturated heterocycles. The van der Waals surface area contributed by atoms with Gasteiger partial charge in [-0.1, -0.05) is 0 Å². The average Bonchev–Trinajstić information content (AvgIpc) is 3.23. The monoisotopic (exact) mass is 359 g/mol. The Morgan fingerprint density at radius 2 is 2.08 bits per heavy atom. The fraction of sp³-hybridized carbons (Fsp3) is 0.294. The summed E-state index contributed by atoms with van der Waals surface area (Å²) < 4.78 is 12.6. The van der Waals surface area contributed by atoms with Crippen LogP contribution in [-0.2, 0) is 13.1 Å². The second-order valence-electron chi connectivity index (χ2n) is 5.28. The Morgan fingerprint density at radius 1 is 1.24 bits per heavy atom. The minimum absolute atomic E-state index is 0.588. The quantitative estimate of drug-likeness (QED) is 0.522. The normalized spacial score (nSPS) is 11.6. The van der Waals surface area contributed by atoms with E-state index in [1.165, 1.54) is 0 Å². The van der Waals surface area contributed by atoms with Crippen molar-refractivity contribution in [2.24, 2.45) is 4.99 Å². The van der Waals surface area contributed by atoms with E-state index < -0.39 is 0 Å². The molecule has 3 rings (SSSR count). The van der Waals surface area contributed by atoms with Gasteiger partial charge in [0.1, 0.15) is 11.5 Å². The van der Waals surface area contributed by atoms with Gasteiger partial charge in [0.25, 0.3) is 0 Å². The van der Waals surface area contributed by atoms with Crippen LogP contribution in [0.3, 0.4) is 0 Å². The molecule has 0 radical (unpaired) electrons. The van der Waals surface area contributed by atoms with Crippen molar-refractivity contribution in [2.75, 3.05) is 21.3 Å². The molecule has 1 aromatic carbocycles. The fourth-order valence-electron chi connectivity index (χ4n) is 2.43. The molecule has 2 N–H and O–H groups in total. The summed E-state index contributed by atoms with van der Waals surface area (Å²) in [6.45, 7) is 1.19. The van der Waals surface area contributed by atoms with Crippen molar-refractivity contribution in [3.05, 3.63) is 47.2 Å². The summed E-state index contributed by atoms with van der Waals surface area (Å²) in [7, 11) is 5.03. The number of nitrogens with one attached hydrogen (secondary N) is 2. The molecule has 2 heterocycles. The molecule has 8 heteroatoms. The van der Waals surface area contributed by atoms with Gasteiger partial charge < -0.3 is 20.1 Å². The Hall–Kier alpha value is -2.74. The molecule has 0 saturated carbocycles. The predicted octanol–water partition coefficient (Wildman–Crippen LogP) is 2.28. The van der Waals surface area contributed by atoms with Crippen LogP contribution < -0.4 is 20.1 Å². The van der Waals surface area contributed by atoms with Gasteiger partial charge in [0, 0.05) is 43.0 Å². The highest BCUT2D eigenvalue weighted by atomic mass is 32.1. The third-order valence-electron chi connectivity index (χ3n) is 3.74. The predicted molar refractivity (Wildman–Crippen MR) is 99.7 cm³/mol. The smallest absolute Gasteiger partial charge is 0.193 e. The van der Waals surface area contributed by atoms with Crippen molar-refractivity contribution < 1.29 is 9.47 Å². The zero-order valence-corrected chi connectivity index (χ0v) is 15.3. The highest BCUT2D eigenvalue weighted by Crippen LogP contribution is 2.24. The number of nitrogens with zero attached hydrogens (tertiary/aromatic N) is 3. The molecule has 0 amide bonds. The molecule has 0 spiro atoms. The number of thiazole rings is 1. The summed E-state index contributed by atoms with van der Waals surface area (Å²) in [5, 5.41) is 8.57. The third-order valence-corrected chi connectivity index (χ3v) is 4.51. The molecule has 0 bridgehead atoms. The Bertz CT molecular complexity index is 842. The molecule has 0 aliphatic rings. The Labute approximate surface area is 150 Å². The maximum atomic E-state index is 5.42. The van der Waals surface area contributed by atoms with E-state index in [1.807, 2.05) is 40.4 Å². The summed E-state index contributed by atoms with van der Waals surface area (Å²) in [4.78, 5) is 9.78. The highest BCUT2D eigenvalue weighted by Gasteiger charge is 2.07. The second-order valence-corrected chi connectivity index (χ2v) is 6.16. The summed E-state index contributed by atoms with van der Waals surface area (Å²) in [6, 6.07) is 5.75. The van der Waals surface area contributed by atoms with Crippen LogP contribution in [0.5, 0.6) is 11.5 Å². The number of benzene rings is 1. The number of guanidine groups is 1. The molecule has 7 nitrogen and oxygen atoms in total. The summed E-state index contributed by atoms with van der Waals surface area (Å²) in [5.41, 5.74) is 1.99. The van der Waals surface area contributed by atoms with E-state index >= 15 is 0 Å². The molecular weight excluding hydrogens is 338 g/mol. The lowest BCUT2D eigenvalue weighted by atomic mass is 10.2. The van der Waals surface area contributed by atoms with Crippen molar-refractivity contribution in [3.8, 4) is 11.5 Å². The van der Waals surface area contributed by atoms with Crippen molar-refractivity contribution in [3.63, 3.8) is 0 Å². The number of ether oxygens (including phenoxy) is 2. The van der Waals surface area contributed by atoms with Gasteiger partial charge in [-0.15, -0.1) is 11.3 Å². The van der Waals surface area contributed by atoms with Crippen LogP contribution in [-0.4, -0.2) is 36.6 Å². The summed E-state index contributed by atoms with van der Waals surface area (Å²) >= 11 is 1.62. The maximum absolute atomic E-state index is 5.42. The van der Waals surface area contributed by atoms with Gasteiger partial charge in [-0.05, 0) is 12.1 Å². The third kappa shape index (κ3) is 4.03. The van der Waals surface area contributed by atoms with Crippen LogP contribution in [0.1, 0.15) is 11.3 Å². The first kappa shape index (κ1) is 17.1. The van der Waals surface area contributed by atoms with E-state index in [0.717, 1.165) is 27.7 Å². The van der Waals surface area contributed by atoms with Gasteiger partial charge in [0.15, 0.2) is 10.9 Å². The molecule has 0 fully saturated rings. The van der Waals surface area contributed by atoms with Gasteiger partial charge in [-0.2, -0.15) is 0 Å². The second kappa shape index (κ2) is 7.89. The van der Waals surface area contributed by atoms with Crippen molar-refractivity contribution in [1.82, 2.24) is 20.0 Å². The van der Waals surface area contributed by atoms with Gasteiger partial charge in [-0.25, -0.2) is 4.98 Å². The molecule has 0 atom stereocenters. The van der Waals surface area contributed by atoms with Gasteiger partial charge in [0.05, 0.1) is 26.5 Å². The SMILES string of the molecule is CN=C(NCc1cn2ccsc2n1)NCc1ccc(OC)cc1OC. The lowest BCUT2D eigenvalue weighted by Crippen LogP contribution is -2.36. The first-order valence-corrected chi connectivity index (χ1v) is 8.68. The number of aliphatic imine (C=N–C) groups is 1. The molecule has 0 aliphatic carbocycles. The lowest BCUT2D eigenvalue weighted by molar-refractivity contribution is 0.390. The van der Waals surface area contributed by atoms with E-state index in [-0.39, 0.29) is 0 Å². The van der Waals surface area contributed by atoms with Crippen LogP contribution in [0, 0.1) is 0 Å². The number of fused-ring (bicyclic) bond motifs is 1. The van der Waals surface area contributed by atoms with Crippen LogP contribution in [0.4, 0.5) is 0 Å². The number of rotatable bonds is 6. The van der Waals surface area contributed by atoms with Gasteiger partial charge >= 0.3 is 0 Å². The minimum Gasteiger partial charge on any atom is -0.497 e. The maximum Gasteiger partial charge on any atom is 0.193 e. The first-order chi connectivity index (χ1) is 12.2. The summed E-state index contributed by atoms with van der Waals surface area (Å²) in [6.07, 6.45) is 4.01. The molecule has 3 aromatic rings. The van der Waals surface area contributed by atoms with Crippen LogP contribution in [0.2, 0.25) is 0 Å². The van der Waals surface area contributed by atoms with Crippen LogP contribution >= 0.6 is 11.3 Å². The largest absolute Gasteiger partial charge is 0.497 e. The van der Waals surface area contributed by atoms with Crippen molar-refractivity contribution in [2.45, 2.75) is 13.1 Å². The van der Waals surface area contributed by atoms with E-state index in [2.05, 4.69) is 20.6 Å². The van der Waals surface area contributed by atoms with Crippen LogP contribution in [0.15, 0.2) is 41.0 Å². The van der Waals surface area contributed by atoms with E-state index in [9.17, 15) is 0 Å². The van der Waals surface area contributed by atoms with Gasteiger partial charge in [-0.3, -0.25) is 9.39 Å². The Balaban J connectivity index is 1.58. The molecule has 0 aliphatic heterocycles. The molecule has 2 aromatic heterocycles. The highest BCUT2D eigenvalue weighted by molar-refractivity contribution is 7.15. The zero-order chi connectivity index (χ0) is 17.6. The Morgan fingerprint density at radius 3 is 2.80 bits per heavy atom. The van der Waals surface area contributed by atoms with E-state index in [1.54, 1.807) is 32.6 Å². The standard InChI is InChI=1S/C17H21N5O2S/c1-18-16(20-10-13-11-22-6-7-25-17(22)21-13)19-9-12-4-5-14(23-2)8-15(12)24-3/h4-8,11H,9-10H2,1-3H3,(H2,18,19,20). The zero-order valence-electron chi connectivity index (χ0n) is 14.4. The average molecular weight is 359 g/mol. The first-order valence-electron chi connectivity index (χ1n) is 7.80. The molecule has 25 heavy (non-hydrogen) atoms. The number of methoxy groups -OCH3 is 2. The number of imidazole rings is 1. The molecular formula is C17H21N5O2S. The Kier molecular flexibility index (Phi) is 5.39. The fourth-order valence-corrected chi connectivity index (χ4v) is 3.15. The number of hydrogen-bond donors (Lipinski definition) is 2. The molecule has 132 valence electrons. The number of hydrogen-bond acceptors (Lipinski definition) is 5. The summed E-state index contributed by atoms with van der Waals surface area (Å²) in [5.74, 6) is 2.24. The van der Waals surface area contributed by atoms with Crippen molar-refractivity contribution >= 4 is 22.3 Å². The molecule has 0 unspecified atom stereocenters. The van der Waals surface area contributed by atoms with Crippen molar-refractivity contribution in [1.29, 1.82) is 0 Å². The van der Waals surface area contributed by atoms with Gasteiger partial charge in [0.2, 0.25) is 0 Å². The lowest BCUT2D eigenvalue weighted by Gasteiger charge is -2.14. The topological polar surface area (TPSA) is 72.2 Å². The van der Waals surface area contributed by atoms with Crippen LogP contribution in [0.25, 0.3) is 4.96 Å². The number of aromatic nitrogens is 2.